The van der Waals surface area contributed by atoms with Crippen molar-refractivity contribution < 1.29 is 24.3 Å². The van der Waals surface area contributed by atoms with Crippen molar-refractivity contribution in [3.63, 3.8) is 0 Å². The van der Waals surface area contributed by atoms with Crippen LogP contribution in [0.15, 0.2) is 42.5 Å². The Hall–Kier alpha value is -3.07. The summed E-state index contributed by atoms with van der Waals surface area (Å²) in [5.41, 5.74) is 0.838. The van der Waals surface area contributed by atoms with Gasteiger partial charge in [0.05, 0.1) is 7.11 Å². The lowest BCUT2D eigenvalue weighted by Gasteiger charge is -2.10. The highest BCUT2D eigenvalue weighted by Crippen LogP contribution is 2.11. The fraction of sp³-hybridized carbons (Fsp3) is 0.235. The van der Waals surface area contributed by atoms with E-state index in [9.17, 15) is 14.8 Å². The second kappa shape index (κ2) is 9.42. The Bertz CT molecular complexity index is 820. The number of aromatic nitrogens is 1. The fourth-order valence-corrected chi connectivity index (χ4v) is 2.18. The molecule has 3 N–H and O–H groups in total. The molecule has 0 aliphatic heterocycles. The van der Waals surface area contributed by atoms with Gasteiger partial charge in [-0.2, -0.15) is 4.73 Å². The van der Waals surface area contributed by atoms with Crippen molar-refractivity contribution in [2.24, 2.45) is 0 Å². The third kappa shape index (κ3) is 5.49. The molecule has 9 heteroatoms. The van der Waals surface area contributed by atoms with Crippen molar-refractivity contribution in [1.82, 2.24) is 15.4 Å². The Morgan fingerprint density at radius 2 is 1.81 bits per heavy atom. The molecule has 138 valence electrons. The van der Waals surface area contributed by atoms with Crippen LogP contribution in [0.5, 0.6) is 5.75 Å². The van der Waals surface area contributed by atoms with Gasteiger partial charge in [-0.1, -0.05) is 30.4 Å². The maximum absolute atomic E-state index is 11.9. The van der Waals surface area contributed by atoms with Gasteiger partial charge in [-0.3, -0.25) is 4.79 Å². The fourth-order valence-electron chi connectivity index (χ4n) is 2.01. The van der Waals surface area contributed by atoms with Crippen molar-refractivity contribution in [3.8, 4) is 5.75 Å². The molecule has 2 aromatic rings. The van der Waals surface area contributed by atoms with Crippen molar-refractivity contribution in [2.75, 3.05) is 20.2 Å². The van der Waals surface area contributed by atoms with E-state index in [1.807, 2.05) is 0 Å². The monoisotopic (exact) mass is 377 g/mol. The average molecular weight is 377 g/mol. The van der Waals surface area contributed by atoms with Crippen molar-refractivity contribution in [2.45, 2.75) is 6.61 Å². The third-order valence-electron chi connectivity index (χ3n) is 3.37. The molecule has 0 bridgehead atoms. The van der Waals surface area contributed by atoms with Gasteiger partial charge in [-0.05, 0) is 29.8 Å². The highest BCUT2D eigenvalue weighted by molar-refractivity contribution is 7.71. The number of amides is 2. The summed E-state index contributed by atoms with van der Waals surface area (Å²) in [4.78, 5) is 23.6. The van der Waals surface area contributed by atoms with Gasteiger partial charge in [0.2, 0.25) is 0 Å². The lowest BCUT2D eigenvalue weighted by molar-refractivity contribution is 0.0894. The topological polar surface area (TPSA) is 102 Å². The molecule has 1 aromatic heterocycles. The van der Waals surface area contributed by atoms with Crippen LogP contribution in [0, 0.1) is 4.64 Å². The first-order chi connectivity index (χ1) is 12.5. The van der Waals surface area contributed by atoms with Crippen LogP contribution in [0.4, 0.5) is 4.79 Å². The number of hydrogen-bond acceptors (Lipinski definition) is 6. The van der Waals surface area contributed by atoms with Gasteiger partial charge >= 0.3 is 6.09 Å². The third-order valence-corrected chi connectivity index (χ3v) is 3.68. The van der Waals surface area contributed by atoms with Crippen LogP contribution < -0.4 is 15.4 Å². The van der Waals surface area contributed by atoms with E-state index in [4.69, 9.17) is 21.7 Å². The van der Waals surface area contributed by atoms with Crippen LogP contribution in [-0.2, 0) is 11.3 Å². The van der Waals surface area contributed by atoms with Gasteiger partial charge in [0.15, 0.2) is 0 Å². The largest absolute Gasteiger partial charge is 0.497 e. The van der Waals surface area contributed by atoms with Crippen LogP contribution in [-0.4, -0.2) is 42.1 Å². The van der Waals surface area contributed by atoms with Crippen molar-refractivity contribution in [3.05, 3.63) is 58.4 Å². The molecule has 1 aromatic carbocycles. The molecule has 8 nitrogen and oxygen atoms in total. The Morgan fingerprint density at radius 3 is 2.50 bits per heavy atom. The minimum absolute atomic E-state index is 0.0135. The summed E-state index contributed by atoms with van der Waals surface area (Å²) in [5.74, 6) is 0.215. The lowest BCUT2D eigenvalue weighted by Crippen LogP contribution is -2.35. The molecule has 0 atom stereocenters. The van der Waals surface area contributed by atoms with E-state index in [0.717, 1.165) is 11.3 Å². The summed E-state index contributed by atoms with van der Waals surface area (Å²) in [6.07, 6.45) is -0.597. The number of pyridine rings is 1. The maximum Gasteiger partial charge on any atom is 0.407 e. The van der Waals surface area contributed by atoms with Gasteiger partial charge in [0.1, 0.15) is 22.7 Å². The number of methoxy groups -OCH3 is 1. The summed E-state index contributed by atoms with van der Waals surface area (Å²) in [6, 6.07) is 11.6. The molecule has 0 saturated heterocycles. The quantitative estimate of drug-likeness (QED) is 0.388. The van der Waals surface area contributed by atoms with E-state index in [1.165, 1.54) is 12.1 Å². The van der Waals surface area contributed by atoms with Gasteiger partial charge in [0.25, 0.3) is 5.91 Å². The normalized spacial score (nSPS) is 10.0. The number of carbonyl (C=O) groups is 2. The standard InChI is InChI=1S/C17H19N3O5S/c1-24-13-7-5-12(6-8-13)11-25-17(22)19-10-9-18-16(21)14-3-2-4-15(26)20(14)23/h2-8,23H,9-11H2,1H3,(H,18,21)(H,19,22). The zero-order chi connectivity index (χ0) is 18.9. The van der Waals surface area contributed by atoms with Crippen LogP contribution >= 0.6 is 12.2 Å². The Kier molecular flexibility index (Phi) is 6.98. The SMILES string of the molecule is COc1ccc(COC(=O)NCCNC(=O)c2cccc(=S)n2O)cc1. The summed E-state index contributed by atoms with van der Waals surface area (Å²) in [5, 5.41) is 14.8. The highest BCUT2D eigenvalue weighted by atomic mass is 32.1. The van der Waals surface area contributed by atoms with Gasteiger partial charge < -0.3 is 25.3 Å². The molecular formula is C17H19N3O5S. The predicted octanol–water partition coefficient (Wildman–Crippen LogP) is 2.12. The number of alkyl carbamates (subject to hydrolysis) is 1. The average Bonchev–Trinajstić information content (AvgIpc) is 2.66. The van der Waals surface area contributed by atoms with E-state index >= 15 is 0 Å². The molecule has 0 saturated carbocycles. The van der Waals surface area contributed by atoms with Gasteiger partial charge in [-0.25, -0.2) is 4.79 Å². The predicted molar refractivity (Wildman–Crippen MR) is 96.0 cm³/mol. The van der Waals surface area contributed by atoms with E-state index < -0.39 is 12.0 Å². The summed E-state index contributed by atoms with van der Waals surface area (Å²) in [6.45, 7) is 0.461. The van der Waals surface area contributed by atoms with Crippen LogP contribution in [0.25, 0.3) is 0 Å². The van der Waals surface area contributed by atoms with Crippen LogP contribution in [0.2, 0.25) is 0 Å². The molecule has 0 aliphatic rings. The molecule has 0 fully saturated rings. The molecular weight excluding hydrogens is 358 g/mol. The summed E-state index contributed by atoms with van der Waals surface area (Å²) in [7, 11) is 1.57. The minimum atomic E-state index is -0.597. The smallest absolute Gasteiger partial charge is 0.407 e. The second-order valence-electron chi connectivity index (χ2n) is 5.17. The van der Waals surface area contributed by atoms with Crippen molar-refractivity contribution in [1.29, 1.82) is 0 Å². The molecule has 1 heterocycles. The summed E-state index contributed by atoms with van der Waals surface area (Å²) >= 11 is 4.87. The number of benzene rings is 1. The molecule has 26 heavy (non-hydrogen) atoms. The first-order valence-corrected chi connectivity index (χ1v) is 8.15. The second-order valence-corrected chi connectivity index (χ2v) is 5.59. The maximum atomic E-state index is 11.9. The van der Waals surface area contributed by atoms with Crippen LogP contribution in [0.3, 0.4) is 0 Å². The molecule has 0 radical (unpaired) electrons. The molecule has 0 unspecified atom stereocenters. The zero-order valence-corrected chi connectivity index (χ0v) is 14.9. The first kappa shape index (κ1) is 19.3. The molecule has 0 aliphatic carbocycles. The van der Waals surface area contributed by atoms with E-state index in [2.05, 4.69) is 10.6 Å². The number of hydrogen-bond donors (Lipinski definition) is 3. The van der Waals surface area contributed by atoms with Gasteiger partial charge in [-0.15, -0.1) is 0 Å². The van der Waals surface area contributed by atoms with E-state index in [1.54, 1.807) is 37.4 Å². The number of rotatable bonds is 7. The van der Waals surface area contributed by atoms with E-state index in [-0.39, 0.29) is 30.0 Å². The number of nitrogens with zero attached hydrogens (tertiary/aromatic N) is 1. The van der Waals surface area contributed by atoms with Crippen molar-refractivity contribution >= 4 is 24.2 Å². The number of carbonyl (C=O) groups excluding carboxylic acids is 2. The zero-order valence-electron chi connectivity index (χ0n) is 14.1. The number of ether oxygens (including phenoxy) is 2. The lowest BCUT2D eigenvalue weighted by atomic mass is 10.2. The minimum Gasteiger partial charge on any atom is -0.497 e. The van der Waals surface area contributed by atoms with Crippen LogP contribution in [0.1, 0.15) is 16.1 Å². The highest BCUT2D eigenvalue weighted by Gasteiger charge is 2.10. The molecule has 2 amide bonds. The van der Waals surface area contributed by atoms with E-state index in [0.29, 0.717) is 4.73 Å². The molecule has 0 spiro atoms. The number of nitrogens with one attached hydrogen (secondary N) is 2. The van der Waals surface area contributed by atoms with Gasteiger partial charge in [0, 0.05) is 13.1 Å². The first-order valence-electron chi connectivity index (χ1n) is 7.74. The molecule has 2 rings (SSSR count). The Morgan fingerprint density at radius 1 is 1.12 bits per heavy atom. The Balaban J connectivity index is 1.68. The summed E-state index contributed by atoms with van der Waals surface area (Å²) < 4.78 is 10.9. The Labute approximate surface area is 155 Å².